The minimum atomic E-state index is -0.745. The average molecular weight is 406 g/mol. The second-order valence-corrected chi connectivity index (χ2v) is 8.50. The number of likely N-dealkylation sites (tertiary alicyclic amines) is 1. The minimum Gasteiger partial charge on any atom is -0.478 e. The Morgan fingerprint density at radius 1 is 1.17 bits per heavy atom. The number of nitrogens with one attached hydrogen (secondary N) is 2. The van der Waals surface area contributed by atoms with Crippen LogP contribution in [0.3, 0.4) is 0 Å². The van der Waals surface area contributed by atoms with E-state index in [4.69, 9.17) is 4.74 Å². The zero-order chi connectivity index (χ0) is 20.6. The van der Waals surface area contributed by atoms with Gasteiger partial charge in [0.25, 0.3) is 0 Å². The van der Waals surface area contributed by atoms with E-state index in [1.54, 1.807) is 11.1 Å². The number of carbonyl (C=O) groups is 2. The van der Waals surface area contributed by atoms with Crippen LogP contribution in [-0.2, 0) is 4.79 Å². The van der Waals surface area contributed by atoms with Gasteiger partial charge in [-0.1, -0.05) is 6.07 Å². The molecule has 0 unspecified atom stereocenters. The molecule has 0 bridgehead atoms. The van der Waals surface area contributed by atoms with Crippen molar-refractivity contribution in [3.63, 3.8) is 0 Å². The first kappa shape index (κ1) is 19.1. The molecule has 7 nitrogen and oxygen atoms in total. The van der Waals surface area contributed by atoms with Crippen LogP contribution in [0, 0.1) is 5.92 Å². The first-order valence-corrected chi connectivity index (χ1v) is 10.6. The second-order valence-electron chi connectivity index (χ2n) is 8.50. The van der Waals surface area contributed by atoms with Crippen LogP contribution < -0.4 is 15.4 Å². The number of ketones is 1. The van der Waals surface area contributed by atoms with Crippen LogP contribution in [0.5, 0.6) is 5.75 Å². The molecule has 7 heteroatoms. The van der Waals surface area contributed by atoms with Gasteiger partial charge in [0.05, 0.1) is 0 Å². The Morgan fingerprint density at radius 2 is 1.97 bits per heavy atom. The van der Waals surface area contributed by atoms with Crippen LogP contribution in [-0.4, -0.2) is 53.5 Å². The first-order chi connectivity index (χ1) is 14.6. The molecule has 0 radical (unpaired) electrons. The summed E-state index contributed by atoms with van der Waals surface area (Å²) in [6.45, 7) is 2.74. The van der Waals surface area contributed by atoms with Crippen LogP contribution in [0.1, 0.15) is 30.7 Å². The standard InChI is InChI=1S/C23H26N4O3/c28-21(16-3-4-16)23(9-11-25-15-23)30-20-7-5-19(6-8-20)26-22(29)27-13-18(14-27)17-2-1-10-24-12-17/h1-2,5-8,10,12,16,18,25H,3-4,9,11,13-15H2,(H,26,29)/t23-/m0/s1. The van der Waals surface area contributed by atoms with Crippen molar-refractivity contribution in [2.45, 2.75) is 30.8 Å². The number of aromatic nitrogens is 1. The molecular formula is C23H26N4O3. The van der Waals surface area contributed by atoms with Crippen LogP contribution in [0.2, 0.25) is 0 Å². The van der Waals surface area contributed by atoms with Crippen LogP contribution >= 0.6 is 0 Å². The third kappa shape index (κ3) is 3.77. The van der Waals surface area contributed by atoms with Crippen molar-refractivity contribution < 1.29 is 14.3 Å². The molecule has 3 heterocycles. The molecule has 1 saturated carbocycles. The number of Topliss-reactive ketones (excluding diaryl/α,β-unsaturated/α-hetero) is 1. The largest absolute Gasteiger partial charge is 0.478 e. The summed E-state index contributed by atoms with van der Waals surface area (Å²) in [7, 11) is 0. The summed E-state index contributed by atoms with van der Waals surface area (Å²) in [5.74, 6) is 1.40. The molecule has 156 valence electrons. The van der Waals surface area contributed by atoms with Gasteiger partial charge in [-0.3, -0.25) is 9.78 Å². The van der Waals surface area contributed by atoms with Gasteiger partial charge in [0.1, 0.15) is 5.75 Å². The summed E-state index contributed by atoms with van der Waals surface area (Å²) in [5.41, 5.74) is 1.13. The Morgan fingerprint density at radius 3 is 2.60 bits per heavy atom. The highest BCUT2D eigenvalue weighted by Crippen LogP contribution is 2.38. The topological polar surface area (TPSA) is 83.6 Å². The quantitative estimate of drug-likeness (QED) is 0.771. The number of hydrogen-bond donors (Lipinski definition) is 2. The number of ether oxygens (including phenoxy) is 1. The number of rotatable bonds is 6. The molecule has 1 aromatic heterocycles. The lowest BCUT2D eigenvalue weighted by molar-refractivity contribution is -0.134. The molecule has 30 heavy (non-hydrogen) atoms. The predicted molar refractivity (Wildman–Crippen MR) is 113 cm³/mol. The Bertz CT molecular complexity index is 915. The van der Waals surface area contributed by atoms with Crippen molar-refractivity contribution in [2.75, 3.05) is 31.5 Å². The molecule has 2 amide bonds. The highest BCUT2D eigenvalue weighted by Gasteiger charge is 2.49. The molecule has 3 fully saturated rings. The van der Waals surface area contributed by atoms with Gasteiger partial charge >= 0.3 is 6.03 Å². The number of carbonyl (C=O) groups excluding carboxylic acids is 2. The van der Waals surface area contributed by atoms with Gasteiger partial charge < -0.3 is 20.3 Å². The zero-order valence-electron chi connectivity index (χ0n) is 16.8. The summed E-state index contributed by atoms with van der Waals surface area (Å²) in [5, 5.41) is 6.20. The van der Waals surface area contributed by atoms with E-state index in [-0.39, 0.29) is 17.7 Å². The van der Waals surface area contributed by atoms with E-state index >= 15 is 0 Å². The van der Waals surface area contributed by atoms with Crippen LogP contribution in [0.25, 0.3) is 0 Å². The molecule has 2 aliphatic heterocycles. The SMILES string of the molecule is O=C(Nc1ccc(O[C@@]2(C(=O)C3CC3)CCNC2)cc1)N1CC(c2cccnc2)C1. The minimum absolute atomic E-state index is 0.107. The van der Waals surface area contributed by atoms with Gasteiger partial charge in [-0.05, 0) is 55.3 Å². The maximum absolute atomic E-state index is 12.8. The number of benzene rings is 1. The van der Waals surface area contributed by atoms with E-state index in [0.717, 1.165) is 19.4 Å². The average Bonchev–Trinajstić information content (AvgIpc) is 3.47. The molecule has 2 saturated heterocycles. The molecule has 3 aliphatic rings. The van der Waals surface area contributed by atoms with Crippen molar-refractivity contribution >= 4 is 17.5 Å². The van der Waals surface area contributed by atoms with E-state index in [1.165, 1.54) is 5.56 Å². The third-order valence-corrected chi connectivity index (χ3v) is 6.26. The number of anilines is 1. The molecule has 1 atom stereocenters. The predicted octanol–water partition coefficient (Wildman–Crippen LogP) is 2.80. The summed E-state index contributed by atoms with van der Waals surface area (Å²) < 4.78 is 6.19. The van der Waals surface area contributed by atoms with Crippen LogP contribution in [0.4, 0.5) is 10.5 Å². The maximum atomic E-state index is 12.8. The number of pyridine rings is 1. The monoisotopic (exact) mass is 406 g/mol. The Labute approximate surface area is 175 Å². The van der Waals surface area contributed by atoms with Crippen molar-refractivity contribution in [3.8, 4) is 5.75 Å². The second kappa shape index (κ2) is 7.72. The number of hydrogen-bond acceptors (Lipinski definition) is 5. The lowest BCUT2D eigenvalue weighted by Gasteiger charge is -2.39. The molecule has 0 spiro atoms. The van der Waals surface area contributed by atoms with E-state index in [2.05, 4.69) is 15.6 Å². The fourth-order valence-corrected chi connectivity index (χ4v) is 4.24. The highest BCUT2D eigenvalue weighted by molar-refractivity contribution is 5.92. The number of amides is 2. The zero-order valence-corrected chi connectivity index (χ0v) is 16.8. The summed E-state index contributed by atoms with van der Waals surface area (Å²) in [6, 6.07) is 11.2. The molecule has 1 aromatic carbocycles. The molecule has 2 aromatic rings. The Balaban J connectivity index is 1.16. The molecule has 1 aliphatic carbocycles. The van der Waals surface area contributed by atoms with Gasteiger partial charge in [-0.2, -0.15) is 0 Å². The fraction of sp³-hybridized carbons (Fsp3) is 0.435. The van der Waals surface area contributed by atoms with Crippen molar-refractivity contribution in [1.82, 2.24) is 15.2 Å². The Kier molecular flexibility index (Phi) is 4.90. The normalized spacial score (nSPS) is 23.7. The van der Waals surface area contributed by atoms with E-state index < -0.39 is 5.60 Å². The van der Waals surface area contributed by atoms with Gasteiger partial charge in [-0.25, -0.2) is 4.79 Å². The fourth-order valence-electron chi connectivity index (χ4n) is 4.24. The van der Waals surface area contributed by atoms with Crippen molar-refractivity contribution in [3.05, 3.63) is 54.4 Å². The lowest BCUT2D eigenvalue weighted by Crippen LogP contribution is -2.50. The van der Waals surface area contributed by atoms with Gasteiger partial charge in [0, 0.05) is 56.0 Å². The lowest BCUT2D eigenvalue weighted by atomic mass is 9.93. The molecule has 5 rings (SSSR count). The Hall–Kier alpha value is -2.93. The van der Waals surface area contributed by atoms with Gasteiger partial charge in [0.15, 0.2) is 11.4 Å². The number of nitrogens with zero attached hydrogens (tertiary/aromatic N) is 2. The highest BCUT2D eigenvalue weighted by atomic mass is 16.5. The van der Waals surface area contributed by atoms with Crippen molar-refractivity contribution in [2.24, 2.45) is 5.92 Å². The summed E-state index contributed by atoms with van der Waals surface area (Å²) in [6.07, 6.45) is 6.28. The number of urea groups is 1. The first-order valence-electron chi connectivity index (χ1n) is 10.6. The smallest absolute Gasteiger partial charge is 0.321 e. The summed E-state index contributed by atoms with van der Waals surface area (Å²) >= 11 is 0. The van der Waals surface area contributed by atoms with E-state index in [9.17, 15) is 9.59 Å². The van der Waals surface area contributed by atoms with Crippen molar-refractivity contribution in [1.29, 1.82) is 0 Å². The third-order valence-electron chi connectivity index (χ3n) is 6.26. The van der Waals surface area contributed by atoms with Crippen LogP contribution in [0.15, 0.2) is 48.8 Å². The maximum Gasteiger partial charge on any atom is 0.321 e. The van der Waals surface area contributed by atoms with E-state index in [1.807, 2.05) is 42.6 Å². The van der Waals surface area contributed by atoms with Gasteiger partial charge in [0.2, 0.25) is 0 Å². The summed E-state index contributed by atoms with van der Waals surface area (Å²) in [4.78, 5) is 31.2. The molecule has 2 N–H and O–H groups in total. The van der Waals surface area contributed by atoms with E-state index in [0.29, 0.717) is 43.4 Å². The van der Waals surface area contributed by atoms with Gasteiger partial charge in [-0.15, -0.1) is 0 Å². The molecular weight excluding hydrogens is 380 g/mol.